The molecular weight excluding hydrogens is 224 g/mol. The normalized spacial score (nSPS) is 26.3. The molecular formula is C16H26O2. The molecule has 1 unspecified atom stereocenters. The van der Waals surface area contributed by atoms with E-state index in [0.717, 1.165) is 25.7 Å². The van der Waals surface area contributed by atoms with E-state index < -0.39 is 0 Å². The second kappa shape index (κ2) is 6.40. The fourth-order valence-electron chi connectivity index (χ4n) is 3.27. The van der Waals surface area contributed by atoms with Crippen LogP contribution in [0.3, 0.4) is 0 Å². The molecule has 18 heavy (non-hydrogen) atoms. The van der Waals surface area contributed by atoms with Crippen LogP contribution in [-0.2, 0) is 9.53 Å². The smallest absolute Gasteiger partial charge is 0.313 e. The molecule has 2 nitrogen and oxygen atoms in total. The summed E-state index contributed by atoms with van der Waals surface area (Å²) in [6.07, 6.45) is 16.3. The van der Waals surface area contributed by atoms with Gasteiger partial charge < -0.3 is 4.74 Å². The highest BCUT2D eigenvalue weighted by molar-refractivity contribution is 5.80. The summed E-state index contributed by atoms with van der Waals surface area (Å²) < 4.78 is 5.50. The summed E-state index contributed by atoms with van der Waals surface area (Å²) in [5.74, 6) is 0.190. The molecule has 1 aliphatic carbocycles. The Labute approximate surface area is 111 Å². The lowest BCUT2D eigenvalue weighted by atomic mass is 9.70. The summed E-state index contributed by atoms with van der Waals surface area (Å²) in [6.45, 7) is 2.22. The van der Waals surface area contributed by atoms with Crippen LogP contribution in [0.15, 0.2) is 12.2 Å². The van der Waals surface area contributed by atoms with E-state index in [1.54, 1.807) is 0 Å². The molecule has 2 rings (SSSR count). The van der Waals surface area contributed by atoms with E-state index in [1.807, 2.05) is 0 Å². The van der Waals surface area contributed by atoms with Gasteiger partial charge in [0.1, 0.15) is 11.5 Å². The zero-order valence-electron chi connectivity index (χ0n) is 11.6. The molecule has 0 N–H and O–H groups in total. The Hall–Kier alpha value is -0.790. The molecule has 1 heterocycles. The van der Waals surface area contributed by atoms with Crippen LogP contribution in [0.5, 0.6) is 0 Å². The topological polar surface area (TPSA) is 26.3 Å². The van der Waals surface area contributed by atoms with Crippen molar-refractivity contribution in [1.82, 2.24) is 0 Å². The zero-order chi connectivity index (χ0) is 12.8. The lowest BCUT2D eigenvalue weighted by Crippen LogP contribution is -2.58. The Kier molecular flexibility index (Phi) is 4.85. The zero-order valence-corrected chi connectivity index (χ0v) is 11.6. The highest BCUT2D eigenvalue weighted by Gasteiger charge is 2.55. The molecule has 2 aliphatic rings. The Bertz CT molecular complexity index is 300. The summed E-state index contributed by atoms with van der Waals surface area (Å²) in [7, 11) is 0. The van der Waals surface area contributed by atoms with Gasteiger partial charge in [-0.25, -0.2) is 0 Å². The van der Waals surface area contributed by atoms with E-state index >= 15 is 0 Å². The number of ether oxygens (including phenoxy) is 1. The minimum atomic E-state index is -0.0664. The first-order valence-corrected chi connectivity index (χ1v) is 7.66. The number of carbonyl (C=O) groups is 1. The van der Waals surface area contributed by atoms with Gasteiger partial charge in [0.15, 0.2) is 0 Å². The second-order valence-corrected chi connectivity index (χ2v) is 5.80. The monoisotopic (exact) mass is 250 g/mol. The van der Waals surface area contributed by atoms with Gasteiger partial charge in [0.2, 0.25) is 0 Å². The van der Waals surface area contributed by atoms with Gasteiger partial charge in [-0.3, -0.25) is 4.79 Å². The second-order valence-electron chi connectivity index (χ2n) is 5.80. The lowest BCUT2D eigenvalue weighted by Gasteiger charge is -2.49. The lowest BCUT2D eigenvalue weighted by molar-refractivity contribution is -0.219. The van der Waals surface area contributed by atoms with Gasteiger partial charge in [-0.2, -0.15) is 0 Å². The highest BCUT2D eigenvalue weighted by Crippen LogP contribution is 2.47. The van der Waals surface area contributed by atoms with E-state index in [-0.39, 0.29) is 17.5 Å². The first-order valence-electron chi connectivity index (χ1n) is 7.66. The molecule has 0 bridgehead atoms. The Balaban J connectivity index is 1.75. The van der Waals surface area contributed by atoms with Crippen molar-refractivity contribution < 1.29 is 9.53 Å². The predicted molar refractivity (Wildman–Crippen MR) is 73.3 cm³/mol. The van der Waals surface area contributed by atoms with Crippen molar-refractivity contribution >= 4 is 5.97 Å². The SMILES string of the molecule is CCCCC/C=C/CC1C(=O)OC12CCCCC2. The third-order valence-corrected chi connectivity index (χ3v) is 4.44. The standard InChI is InChI=1S/C16H26O2/c1-2-3-4-5-6-8-11-14-15(17)18-16(14)12-9-7-10-13-16/h6,8,14H,2-5,7,9-13H2,1H3/b8-6+. The molecule has 2 heteroatoms. The molecule has 0 aromatic rings. The average molecular weight is 250 g/mol. The van der Waals surface area contributed by atoms with Crippen LogP contribution in [0.1, 0.15) is 71.1 Å². The van der Waals surface area contributed by atoms with Crippen molar-refractivity contribution in [1.29, 1.82) is 0 Å². The van der Waals surface area contributed by atoms with Crippen molar-refractivity contribution in [2.75, 3.05) is 0 Å². The minimum absolute atomic E-state index is 0.0371. The maximum absolute atomic E-state index is 11.6. The Morgan fingerprint density at radius 3 is 2.67 bits per heavy atom. The van der Waals surface area contributed by atoms with Gasteiger partial charge >= 0.3 is 5.97 Å². The molecule has 0 aromatic carbocycles. The van der Waals surface area contributed by atoms with Crippen LogP contribution in [0.25, 0.3) is 0 Å². The van der Waals surface area contributed by atoms with Crippen LogP contribution >= 0.6 is 0 Å². The molecule has 0 amide bonds. The quantitative estimate of drug-likeness (QED) is 0.397. The van der Waals surface area contributed by atoms with Crippen LogP contribution in [0.2, 0.25) is 0 Å². The molecule has 1 saturated carbocycles. The Morgan fingerprint density at radius 1 is 1.22 bits per heavy atom. The summed E-state index contributed by atoms with van der Waals surface area (Å²) in [5.41, 5.74) is -0.0664. The number of esters is 1. The molecule has 0 aromatic heterocycles. The number of rotatable bonds is 6. The van der Waals surface area contributed by atoms with Gasteiger partial charge in [-0.1, -0.05) is 38.3 Å². The molecule has 1 atom stereocenters. The van der Waals surface area contributed by atoms with E-state index in [2.05, 4.69) is 19.1 Å². The van der Waals surface area contributed by atoms with Crippen molar-refractivity contribution in [3.63, 3.8) is 0 Å². The number of hydrogen-bond acceptors (Lipinski definition) is 2. The van der Waals surface area contributed by atoms with E-state index in [4.69, 9.17) is 4.74 Å². The molecule has 0 radical (unpaired) electrons. The number of carbonyl (C=O) groups excluding carboxylic acids is 1. The molecule has 2 fully saturated rings. The third-order valence-electron chi connectivity index (χ3n) is 4.44. The molecule has 102 valence electrons. The average Bonchev–Trinajstić information content (AvgIpc) is 2.38. The van der Waals surface area contributed by atoms with E-state index in [1.165, 1.54) is 38.5 Å². The van der Waals surface area contributed by atoms with Crippen molar-refractivity contribution in [2.45, 2.75) is 76.7 Å². The Morgan fingerprint density at radius 2 is 2.00 bits per heavy atom. The van der Waals surface area contributed by atoms with Crippen LogP contribution in [0, 0.1) is 5.92 Å². The molecule has 1 spiro atoms. The summed E-state index contributed by atoms with van der Waals surface area (Å²) in [5, 5.41) is 0. The van der Waals surface area contributed by atoms with Crippen LogP contribution in [0.4, 0.5) is 0 Å². The van der Waals surface area contributed by atoms with Gasteiger partial charge in [-0.15, -0.1) is 0 Å². The number of unbranched alkanes of at least 4 members (excludes halogenated alkanes) is 3. The fourth-order valence-corrected chi connectivity index (χ4v) is 3.27. The van der Waals surface area contributed by atoms with Crippen LogP contribution < -0.4 is 0 Å². The predicted octanol–water partition coefficient (Wildman–Crippen LogP) is 4.39. The number of hydrogen-bond donors (Lipinski definition) is 0. The fraction of sp³-hybridized carbons (Fsp3) is 0.812. The first-order chi connectivity index (χ1) is 8.78. The van der Waals surface area contributed by atoms with Gasteiger partial charge in [-0.05, 0) is 44.9 Å². The number of allylic oxidation sites excluding steroid dienone is 2. The van der Waals surface area contributed by atoms with Gasteiger partial charge in [0.05, 0.1) is 0 Å². The largest absolute Gasteiger partial charge is 0.458 e. The van der Waals surface area contributed by atoms with Crippen molar-refractivity contribution in [3.05, 3.63) is 12.2 Å². The van der Waals surface area contributed by atoms with Crippen molar-refractivity contribution in [2.24, 2.45) is 5.92 Å². The van der Waals surface area contributed by atoms with Crippen LogP contribution in [-0.4, -0.2) is 11.6 Å². The summed E-state index contributed by atoms with van der Waals surface area (Å²) in [4.78, 5) is 11.6. The third kappa shape index (κ3) is 2.96. The maximum atomic E-state index is 11.6. The van der Waals surface area contributed by atoms with Crippen molar-refractivity contribution in [3.8, 4) is 0 Å². The summed E-state index contributed by atoms with van der Waals surface area (Å²) >= 11 is 0. The van der Waals surface area contributed by atoms with E-state index in [0.29, 0.717) is 0 Å². The van der Waals surface area contributed by atoms with Gasteiger partial charge in [0.25, 0.3) is 0 Å². The van der Waals surface area contributed by atoms with Gasteiger partial charge in [0, 0.05) is 0 Å². The summed E-state index contributed by atoms with van der Waals surface area (Å²) in [6, 6.07) is 0. The highest BCUT2D eigenvalue weighted by atomic mass is 16.6. The van der Waals surface area contributed by atoms with E-state index in [9.17, 15) is 4.79 Å². The first kappa shape index (κ1) is 13.6. The molecule has 1 aliphatic heterocycles. The minimum Gasteiger partial charge on any atom is -0.458 e. The maximum Gasteiger partial charge on any atom is 0.313 e. The molecule has 1 saturated heterocycles.